The van der Waals surface area contributed by atoms with E-state index in [1.807, 2.05) is 12.1 Å². The molecule has 0 saturated carbocycles. The van der Waals surface area contributed by atoms with Crippen LogP contribution in [0.3, 0.4) is 0 Å². The van der Waals surface area contributed by atoms with Crippen molar-refractivity contribution >= 4 is 11.5 Å². The number of rotatable bonds is 4. The minimum atomic E-state index is 0.525. The molecule has 94 valence electrons. The Bertz CT molecular complexity index is 355. The number of likely N-dealkylation sites (N-methyl/N-ethyl adjacent to an activating group) is 1. The van der Waals surface area contributed by atoms with Crippen molar-refractivity contribution < 1.29 is 0 Å². The van der Waals surface area contributed by atoms with Crippen LogP contribution in [-0.4, -0.2) is 35.6 Å². The maximum atomic E-state index is 5.35. The fraction of sp³-hybridized carbons (Fsp3) is 0.583. The van der Waals surface area contributed by atoms with E-state index >= 15 is 0 Å². The summed E-state index contributed by atoms with van der Waals surface area (Å²) in [7, 11) is 0. The standard InChI is InChI=1S/C12H21N5/c1-2-17-7-3-4-11(9-17)15-10-5-6-14-12(8-10)16-13/h5-6,8,11H,2-4,7,9,13H2,1H3,(H2,14,15,16). The number of likely N-dealkylation sites (tertiary alicyclic amines) is 1. The zero-order chi connectivity index (χ0) is 12.1. The van der Waals surface area contributed by atoms with Crippen molar-refractivity contribution in [3.8, 4) is 0 Å². The summed E-state index contributed by atoms with van der Waals surface area (Å²) in [6, 6.07) is 4.44. The van der Waals surface area contributed by atoms with Crippen molar-refractivity contribution in [2.24, 2.45) is 5.84 Å². The van der Waals surface area contributed by atoms with Gasteiger partial charge in [-0.05, 0) is 32.0 Å². The van der Waals surface area contributed by atoms with E-state index in [-0.39, 0.29) is 0 Å². The van der Waals surface area contributed by atoms with Gasteiger partial charge < -0.3 is 15.6 Å². The summed E-state index contributed by atoms with van der Waals surface area (Å²) in [5.74, 6) is 6.04. The van der Waals surface area contributed by atoms with Crippen LogP contribution in [0.5, 0.6) is 0 Å². The Labute approximate surface area is 102 Å². The van der Waals surface area contributed by atoms with Gasteiger partial charge in [0.25, 0.3) is 0 Å². The Morgan fingerprint density at radius 2 is 2.47 bits per heavy atom. The summed E-state index contributed by atoms with van der Waals surface area (Å²) < 4.78 is 0. The molecule has 0 radical (unpaired) electrons. The minimum absolute atomic E-state index is 0.525. The Morgan fingerprint density at radius 1 is 1.59 bits per heavy atom. The maximum Gasteiger partial charge on any atom is 0.141 e. The minimum Gasteiger partial charge on any atom is -0.381 e. The molecule has 1 atom stereocenters. The summed E-state index contributed by atoms with van der Waals surface area (Å²) in [6.45, 7) is 5.68. The van der Waals surface area contributed by atoms with Gasteiger partial charge in [-0.3, -0.25) is 0 Å². The Hall–Kier alpha value is -1.33. The molecule has 1 aromatic heterocycles. The fourth-order valence-electron chi connectivity index (χ4n) is 2.30. The highest BCUT2D eigenvalue weighted by Gasteiger charge is 2.18. The van der Waals surface area contributed by atoms with Crippen LogP contribution in [0.4, 0.5) is 11.5 Å². The van der Waals surface area contributed by atoms with Crippen LogP contribution in [0.2, 0.25) is 0 Å². The molecule has 17 heavy (non-hydrogen) atoms. The third kappa shape index (κ3) is 3.31. The maximum absolute atomic E-state index is 5.35. The molecule has 4 N–H and O–H groups in total. The van der Waals surface area contributed by atoms with Crippen LogP contribution in [0, 0.1) is 0 Å². The first-order valence-electron chi connectivity index (χ1n) is 6.23. The molecule has 0 amide bonds. The highest BCUT2D eigenvalue weighted by Crippen LogP contribution is 2.17. The molecule has 2 heterocycles. The van der Waals surface area contributed by atoms with Gasteiger partial charge in [0, 0.05) is 30.5 Å². The second-order valence-electron chi connectivity index (χ2n) is 4.45. The third-order valence-corrected chi connectivity index (χ3v) is 3.23. The molecule has 1 aromatic rings. The summed E-state index contributed by atoms with van der Waals surface area (Å²) in [4.78, 5) is 6.57. The van der Waals surface area contributed by atoms with Crippen molar-refractivity contribution in [1.29, 1.82) is 0 Å². The average molecular weight is 235 g/mol. The van der Waals surface area contributed by atoms with Crippen molar-refractivity contribution in [3.63, 3.8) is 0 Å². The lowest BCUT2D eigenvalue weighted by atomic mass is 10.1. The van der Waals surface area contributed by atoms with E-state index in [0.29, 0.717) is 11.9 Å². The number of pyridine rings is 1. The predicted molar refractivity (Wildman–Crippen MR) is 70.8 cm³/mol. The van der Waals surface area contributed by atoms with Crippen LogP contribution in [0.25, 0.3) is 0 Å². The first kappa shape index (κ1) is 12.1. The zero-order valence-corrected chi connectivity index (χ0v) is 10.3. The molecule has 0 spiro atoms. The van der Waals surface area contributed by atoms with Crippen LogP contribution >= 0.6 is 0 Å². The molecule has 5 heteroatoms. The largest absolute Gasteiger partial charge is 0.381 e. The monoisotopic (exact) mass is 235 g/mol. The van der Waals surface area contributed by atoms with Gasteiger partial charge in [0.1, 0.15) is 5.82 Å². The van der Waals surface area contributed by atoms with E-state index in [1.165, 1.54) is 19.4 Å². The molecular formula is C12H21N5. The van der Waals surface area contributed by atoms with Crippen molar-refractivity contribution in [2.45, 2.75) is 25.8 Å². The molecule has 1 aliphatic rings. The quantitative estimate of drug-likeness (QED) is 0.541. The Kier molecular flexibility index (Phi) is 4.17. The summed E-state index contributed by atoms with van der Waals surface area (Å²) in [5, 5.41) is 3.54. The summed E-state index contributed by atoms with van der Waals surface area (Å²) in [5.41, 5.74) is 3.64. The third-order valence-electron chi connectivity index (χ3n) is 3.23. The van der Waals surface area contributed by atoms with E-state index in [0.717, 1.165) is 18.8 Å². The lowest BCUT2D eigenvalue weighted by Crippen LogP contribution is -2.41. The lowest BCUT2D eigenvalue weighted by Gasteiger charge is -2.32. The second kappa shape index (κ2) is 5.84. The normalized spacial score (nSPS) is 21.2. The zero-order valence-electron chi connectivity index (χ0n) is 10.3. The number of hydrogen-bond acceptors (Lipinski definition) is 5. The molecule has 2 rings (SSSR count). The molecule has 1 unspecified atom stereocenters. The van der Waals surface area contributed by atoms with Gasteiger partial charge in [-0.1, -0.05) is 6.92 Å². The van der Waals surface area contributed by atoms with Crippen molar-refractivity contribution in [2.75, 3.05) is 30.4 Å². The van der Waals surface area contributed by atoms with E-state index < -0.39 is 0 Å². The van der Waals surface area contributed by atoms with Crippen LogP contribution in [0.1, 0.15) is 19.8 Å². The molecule has 1 fully saturated rings. The Morgan fingerprint density at radius 3 is 3.24 bits per heavy atom. The van der Waals surface area contributed by atoms with Crippen molar-refractivity contribution in [3.05, 3.63) is 18.3 Å². The first-order valence-corrected chi connectivity index (χ1v) is 6.23. The van der Waals surface area contributed by atoms with Crippen LogP contribution in [0.15, 0.2) is 18.3 Å². The molecule has 0 bridgehead atoms. The average Bonchev–Trinajstić information content (AvgIpc) is 2.39. The van der Waals surface area contributed by atoms with E-state index in [9.17, 15) is 0 Å². The lowest BCUT2D eigenvalue weighted by molar-refractivity contribution is 0.227. The van der Waals surface area contributed by atoms with E-state index in [2.05, 4.69) is 27.6 Å². The summed E-state index contributed by atoms with van der Waals surface area (Å²) in [6.07, 6.45) is 4.25. The SMILES string of the molecule is CCN1CCCC(Nc2ccnc(NN)c2)C1. The number of nitrogens with zero attached hydrogens (tertiary/aromatic N) is 2. The topological polar surface area (TPSA) is 66.2 Å². The summed E-state index contributed by atoms with van der Waals surface area (Å²) >= 11 is 0. The number of hydrogen-bond donors (Lipinski definition) is 3. The Balaban J connectivity index is 1.95. The number of anilines is 2. The number of piperidine rings is 1. The number of nitrogens with one attached hydrogen (secondary N) is 2. The molecule has 1 saturated heterocycles. The highest BCUT2D eigenvalue weighted by molar-refractivity contribution is 5.51. The number of nitrogens with two attached hydrogens (primary N) is 1. The van der Waals surface area contributed by atoms with Crippen LogP contribution in [-0.2, 0) is 0 Å². The molecule has 0 aliphatic carbocycles. The second-order valence-corrected chi connectivity index (χ2v) is 4.45. The highest BCUT2D eigenvalue weighted by atomic mass is 15.2. The molecule has 1 aliphatic heterocycles. The molecule has 0 aromatic carbocycles. The van der Waals surface area contributed by atoms with Gasteiger partial charge in [0.2, 0.25) is 0 Å². The van der Waals surface area contributed by atoms with Gasteiger partial charge in [0.15, 0.2) is 0 Å². The van der Waals surface area contributed by atoms with Gasteiger partial charge in [-0.15, -0.1) is 0 Å². The van der Waals surface area contributed by atoms with Gasteiger partial charge >= 0.3 is 0 Å². The molecule has 5 nitrogen and oxygen atoms in total. The van der Waals surface area contributed by atoms with Gasteiger partial charge in [-0.2, -0.15) is 0 Å². The smallest absolute Gasteiger partial charge is 0.141 e. The number of nitrogen functional groups attached to an aromatic ring is 1. The molecular weight excluding hydrogens is 214 g/mol. The van der Waals surface area contributed by atoms with E-state index in [4.69, 9.17) is 5.84 Å². The number of hydrazine groups is 1. The number of aromatic nitrogens is 1. The van der Waals surface area contributed by atoms with E-state index in [1.54, 1.807) is 6.20 Å². The van der Waals surface area contributed by atoms with Crippen molar-refractivity contribution in [1.82, 2.24) is 9.88 Å². The predicted octanol–water partition coefficient (Wildman–Crippen LogP) is 1.26. The van der Waals surface area contributed by atoms with Crippen LogP contribution < -0.4 is 16.6 Å². The van der Waals surface area contributed by atoms with Gasteiger partial charge in [0.05, 0.1) is 0 Å². The fourth-order valence-corrected chi connectivity index (χ4v) is 2.30. The first-order chi connectivity index (χ1) is 8.31. The van der Waals surface area contributed by atoms with Gasteiger partial charge in [-0.25, -0.2) is 10.8 Å².